The van der Waals surface area contributed by atoms with Crippen molar-refractivity contribution in [3.05, 3.63) is 21.9 Å². The third-order valence-corrected chi connectivity index (χ3v) is 4.79. The van der Waals surface area contributed by atoms with E-state index < -0.39 is 0 Å². The van der Waals surface area contributed by atoms with Gasteiger partial charge in [-0.1, -0.05) is 12.8 Å². The van der Waals surface area contributed by atoms with Gasteiger partial charge >= 0.3 is 0 Å². The molecule has 1 aromatic heterocycles. The number of nitrogens with zero attached hydrogens (tertiary/aromatic N) is 1. The van der Waals surface area contributed by atoms with E-state index in [-0.39, 0.29) is 5.91 Å². The summed E-state index contributed by atoms with van der Waals surface area (Å²) in [6.07, 6.45) is 4.88. The van der Waals surface area contributed by atoms with Gasteiger partial charge in [-0.2, -0.15) is 0 Å². The number of carbonyl (C=O) groups is 1. The molecule has 0 aliphatic heterocycles. The molecule has 3 nitrogen and oxygen atoms in total. The van der Waals surface area contributed by atoms with Crippen LogP contribution in [0, 0.1) is 12.8 Å². The van der Waals surface area contributed by atoms with Gasteiger partial charge in [-0.25, -0.2) is 0 Å². The van der Waals surface area contributed by atoms with Crippen LogP contribution in [0.4, 0.5) is 0 Å². The lowest BCUT2D eigenvalue weighted by atomic mass is 9.84. The van der Waals surface area contributed by atoms with E-state index in [9.17, 15) is 4.79 Å². The number of rotatable bonds is 4. The van der Waals surface area contributed by atoms with E-state index >= 15 is 0 Å². The van der Waals surface area contributed by atoms with Crippen LogP contribution in [0.1, 0.15) is 40.2 Å². The molecule has 106 valence electrons. The predicted molar refractivity (Wildman–Crippen MR) is 80.8 cm³/mol. The molecule has 0 radical (unpaired) electrons. The van der Waals surface area contributed by atoms with Crippen LogP contribution in [0.3, 0.4) is 0 Å². The zero-order valence-electron chi connectivity index (χ0n) is 12.1. The van der Waals surface area contributed by atoms with Gasteiger partial charge < -0.3 is 10.2 Å². The van der Waals surface area contributed by atoms with Crippen LogP contribution in [0.25, 0.3) is 0 Å². The number of aryl methyl sites for hydroxylation is 1. The van der Waals surface area contributed by atoms with Crippen LogP contribution < -0.4 is 5.32 Å². The van der Waals surface area contributed by atoms with Crippen molar-refractivity contribution in [2.24, 2.45) is 5.92 Å². The molecule has 1 aliphatic rings. The second-order valence-electron chi connectivity index (χ2n) is 5.80. The summed E-state index contributed by atoms with van der Waals surface area (Å²) < 4.78 is 0. The van der Waals surface area contributed by atoms with E-state index in [0.29, 0.717) is 12.0 Å². The lowest BCUT2D eigenvalue weighted by molar-refractivity contribution is 0.0899. The Hall–Kier alpha value is -0.870. The quantitative estimate of drug-likeness (QED) is 0.920. The highest BCUT2D eigenvalue weighted by molar-refractivity contribution is 7.13. The Balaban J connectivity index is 1.97. The lowest BCUT2D eigenvalue weighted by Gasteiger charge is -2.33. The van der Waals surface area contributed by atoms with Crippen LogP contribution in [0.15, 0.2) is 12.1 Å². The molecular formula is C15H24N2OS. The Morgan fingerprint density at radius 1 is 1.37 bits per heavy atom. The van der Waals surface area contributed by atoms with Crippen molar-refractivity contribution in [3.63, 3.8) is 0 Å². The van der Waals surface area contributed by atoms with E-state index in [1.807, 2.05) is 19.1 Å². The van der Waals surface area contributed by atoms with Gasteiger partial charge in [0, 0.05) is 17.5 Å². The van der Waals surface area contributed by atoms with Gasteiger partial charge in [0.15, 0.2) is 0 Å². The maximum atomic E-state index is 12.2. The van der Waals surface area contributed by atoms with Crippen molar-refractivity contribution in [1.29, 1.82) is 0 Å². The predicted octanol–water partition coefficient (Wildman–Crippen LogP) is 2.91. The molecule has 1 aliphatic carbocycles. The molecule has 0 bridgehead atoms. The fourth-order valence-electron chi connectivity index (χ4n) is 2.88. The van der Waals surface area contributed by atoms with Gasteiger partial charge in [-0.05, 0) is 51.9 Å². The smallest absolute Gasteiger partial charge is 0.261 e. The van der Waals surface area contributed by atoms with Crippen LogP contribution in [0.2, 0.25) is 0 Å². The van der Waals surface area contributed by atoms with Crippen molar-refractivity contribution in [2.75, 3.05) is 20.6 Å². The minimum absolute atomic E-state index is 0.105. The highest BCUT2D eigenvalue weighted by Crippen LogP contribution is 2.25. The number of nitrogens with one attached hydrogen (secondary N) is 1. The first-order valence-electron chi connectivity index (χ1n) is 7.08. The van der Waals surface area contributed by atoms with Crippen molar-refractivity contribution < 1.29 is 4.79 Å². The Labute approximate surface area is 120 Å². The highest BCUT2D eigenvalue weighted by Gasteiger charge is 2.27. The standard InChI is InChI=1S/C15H24N2OS/c1-11-8-9-14(19-11)15(18)16-13-7-5-4-6-12(13)10-17(2)3/h8-9,12-13H,4-7,10H2,1-3H3,(H,16,18). The van der Waals surface area contributed by atoms with Crippen LogP contribution >= 0.6 is 11.3 Å². The summed E-state index contributed by atoms with van der Waals surface area (Å²) >= 11 is 1.58. The number of hydrogen-bond acceptors (Lipinski definition) is 3. The second kappa shape index (κ2) is 6.53. The van der Waals surface area contributed by atoms with Crippen LogP contribution in [-0.2, 0) is 0 Å². The van der Waals surface area contributed by atoms with Crippen molar-refractivity contribution >= 4 is 17.2 Å². The molecule has 1 fully saturated rings. The zero-order chi connectivity index (χ0) is 13.8. The molecule has 1 N–H and O–H groups in total. The first-order chi connectivity index (χ1) is 9.06. The Morgan fingerprint density at radius 3 is 2.74 bits per heavy atom. The number of carbonyl (C=O) groups excluding carboxylic acids is 1. The van der Waals surface area contributed by atoms with E-state index in [1.54, 1.807) is 11.3 Å². The molecule has 0 spiro atoms. The average molecular weight is 280 g/mol. The molecule has 2 unspecified atom stereocenters. The molecule has 1 saturated carbocycles. The van der Waals surface area contributed by atoms with E-state index in [2.05, 4.69) is 24.3 Å². The largest absolute Gasteiger partial charge is 0.348 e. The van der Waals surface area contributed by atoms with Crippen molar-refractivity contribution in [3.8, 4) is 0 Å². The molecule has 1 heterocycles. The summed E-state index contributed by atoms with van der Waals surface area (Å²) in [4.78, 5) is 16.5. The van der Waals surface area contributed by atoms with E-state index in [1.165, 1.54) is 24.1 Å². The fourth-order valence-corrected chi connectivity index (χ4v) is 3.65. The first-order valence-corrected chi connectivity index (χ1v) is 7.90. The van der Waals surface area contributed by atoms with Gasteiger partial charge in [0.25, 0.3) is 5.91 Å². The second-order valence-corrected chi connectivity index (χ2v) is 7.08. The third kappa shape index (κ3) is 4.05. The topological polar surface area (TPSA) is 32.3 Å². The monoisotopic (exact) mass is 280 g/mol. The molecule has 0 saturated heterocycles. The maximum Gasteiger partial charge on any atom is 0.261 e. The highest BCUT2D eigenvalue weighted by atomic mass is 32.1. The van der Waals surface area contributed by atoms with Crippen LogP contribution in [0.5, 0.6) is 0 Å². The lowest BCUT2D eigenvalue weighted by Crippen LogP contribution is -2.45. The van der Waals surface area contributed by atoms with Gasteiger partial charge in [0.05, 0.1) is 4.88 Å². The first kappa shape index (κ1) is 14.5. The summed E-state index contributed by atoms with van der Waals surface area (Å²) in [5.74, 6) is 0.697. The third-order valence-electron chi connectivity index (χ3n) is 3.79. The molecule has 1 amide bonds. The summed E-state index contributed by atoms with van der Waals surface area (Å²) in [5, 5.41) is 3.25. The van der Waals surface area contributed by atoms with E-state index in [4.69, 9.17) is 0 Å². The average Bonchev–Trinajstić information content (AvgIpc) is 2.78. The number of hydrogen-bond donors (Lipinski definition) is 1. The van der Waals surface area contributed by atoms with Crippen LogP contribution in [-0.4, -0.2) is 37.5 Å². The van der Waals surface area contributed by atoms with Gasteiger partial charge in [0.2, 0.25) is 0 Å². The minimum Gasteiger partial charge on any atom is -0.348 e. The zero-order valence-corrected chi connectivity index (χ0v) is 12.9. The summed E-state index contributed by atoms with van der Waals surface area (Å²) in [6.45, 7) is 3.10. The Bertz CT molecular complexity index is 428. The van der Waals surface area contributed by atoms with E-state index in [0.717, 1.165) is 17.8 Å². The molecule has 19 heavy (non-hydrogen) atoms. The molecule has 0 aromatic carbocycles. The summed E-state index contributed by atoms with van der Waals surface area (Å²) in [7, 11) is 4.21. The van der Waals surface area contributed by atoms with Gasteiger partial charge in [-0.3, -0.25) is 4.79 Å². The Kier molecular flexibility index (Phi) is 4.99. The number of thiophene rings is 1. The Morgan fingerprint density at radius 2 is 2.11 bits per heavy atom. The SMILES string of the molecule is Cc1ccc(C(=O)NC2CCCCC2CN(C)C)s1. The maximum absolute atomic E-state index is 12.2. The van der Waals surface area contributed by atoms with Gasteiger partial charge in [0.1, 0.15) is 0 Å². The molecule has 4 heteroatoms. The molecular weight excluding hydrogens is 256 g/mol. The normalized spacial score (nSPS) is 23.6. The molecule has 2 rings (SSSR count). The minimum atomic E-state index is 0.105. The molecule has 2 atom stereocenters. The van der Waals surface area contributed by atoms with Crippen molar-refractivity contribution in [2.45, 2.75) is 38.6 Å². The summed E-state index contributed by atoms with van der Waals surface area (Å²) in [5.41, 5.74) is 0. The number of amides is 1. The molecule has 1 aromatic rings. The van der Waals surface area contributed by atoms with Crippen molar-refractivity contribution in [1.82, 2.24) is 10.2 Å². The summed E-state index contributed by atoms with van der Waals surface area (Å²) in [6, 6.07) is 4.28. The fraction of sp³-hybridized carbons (Fsp3) is 0.667. The van der Waals surface area contributed by atoms with Gasteiger partial charge in [-0.15, -0.1) is 11.3 Å².